The Bertz CT molecular complexity index is 959. The summed E-state index contributed by atoms with van der Waals surface area (Å²) in [6.45, 7) is 0.907. The van der Waals surface area contributed by atoms with Gasteiger partial charge in [-0.2, -0.15) is 9.40 Å². The minimum absolute atomic E-state index is 0.153. The summed E-state index contributed by atoms with van der Waals surface area (Å²) < 4.78 is 27.7. The topological polar surface area (TPSA) is 109 Å². The SMILES string of the molecule is NC(=O)c1cc(C2CCN(S(=O)(=O)c3ccc4c(c3)CCCC4)CC2)[nH]n1. The molecule has 2 aliphatic rings. The molecular formula is C19H24N4O3S. The molecule has 0 spiro atoms. The van der Waals surface area contributed by atoms with Crippen LogP contribution in [-0.4, -0.2) is 41.9 Å². The fourth-order valence-corrected chi connectivity index (χ4v) is 5.62. The molecular weight excluding hydrogens is 364 g/mol. The van der Waals surface area contributed by atoms with Crippen molar-refractivity contribution in [2.24, 2.45) is 5.73 Å². The van der Waals surface area contributed by atoms with Gasteiger partial charge in [0.25, 0.3) is 5.91 Å². The molecule has 8 heteroatoms. The quantitative estimate of drug-likeness (QED) is 0.834. The molecule has 1 aromatic carbocycles. The number of fused-ring (bicyclic) bond motifs is 1. The van der Waals surface area contributed by atoms with Gasteiger partial charge in [-0.05, 0) is 67.9 Å². The van der Waals surface area contributed by atoms with Crippen LogP contribution in [0, 0.1) is 0 Å². The van der Waals surface area contributed by atoms with Gasteiger partial charge >= 0.3 is 0 Å². The van der Waals surface area contributed by atoms with E-state index in [1.165, 1.54) is 17.5 Å². The number of nitrogens with one attached hydrogen (secondary N) is 1. The number of rotatable bonds is 4. The molecule has 0 unspecified atom stereocenters. The third kappa shape index (κ3) is 3.51. The molecule has 3 N–H and O–H groups in total. The smallest absolute Gasteiger partial charge is 0.269 e. The standard InChI is InChI=1S/C19H24N4O3S/c20-19(24)18-12-17(21-22-18)14-7-9-23(10-8-14)27(25,26)16-6-5-13-3-1-2-4-15(13)11-16/h5-6,11-12,14H,1-4,7-10H2,(H2,20,24)(H,21,22). The number of nitrogens with two attached hydrogens (primary N) is 1. The van der Waals surface area contributed by atoms with E-state index in [4.69, 9.17) is 5.73 Å². The third-order valence-electron chi connectivity index (χ3n) is 5.70. The van der Waals surface area contributed by atoms with Crippen molar-refractivity contribution in [2.75, 3.05) is 13.1 Å². The zero-order valence-corrected chi connectivity index (χ0v) is 16.0. The number of benzene rings is 1. The van der Waals surface area contributed by atoms with Crippen LogP contribution in [0.2, 0.25) is 0 Å². The predicted octanol–water partition coefficient (Wildman–Crippen LogP) is 1.96. The second-order valence-corrected chi connectivity index (χ2v) is 9.33. The van der Waals surface area contributed by atoms with Gasteiger partial charge in [0.05, 0.1) is 4.90 Å². The van der Waals surface area contributed by atoms with Crippen molar-refractivity contribution in [2.45, 2.75) is 49.3 Å². The summed E-state index contributed by atoms with van der Waals surface area (Å²) in [7, 11) is -3.48. The van der Waals surface area contributed by atoms with E-state index in [0.717, 1.165) is 25.0 Å². The minimum Gasteiger partial charge on any atom is -0.364 e. The minimum atomic E-state index is -3.48. The van der Waals surface area contributed by atoms with Crippen LogP contribution in [-0.2, 0) is 22.9 Å². The number of H-pyrrole nitrogens is 1. The lowest BCUT2D eigenvalue weighted by Crippen LogP contribution is -2.38. The maximum atomic E-state index is 13.1. The molecule has 1 aliphatic heterocycles. The van der Waals surface area contributed by atoms with Gasteiger partial charge in [-0.3, -0.25) is 9.89 Å². The summed E-state index contributed by atoms with van der Waals surface area (Å²) in [6, 6.07) is 7.26. The summed E-state index contributed by atoms with van der Waals surface area (Å²) >= 11 is 0. The second-order valence-electron chi connectivity index (χ2n) is 7.39. The molecule has 0 radical (unpaired) electrons. The van der Waals surface area contributed by atoms with Crippen LogP contribution in [0.3, 0.4) is 0 Å². The fraction of sp³-hybridized carbons (Fsp3) is 0.474. The van der Waals surface area contributed by atoms with Crippen molar-refractivity contribution < 1.29 is 13.2 Å². The van der Waals surface area contributed by atoms with Crippen LogP contribution < -0.4 is 5.73 Å². The first-order valence-electron chi connectivity index (χ1n) is 9.42. The number of hydrogen-bond donors (Lipinski definition) is 2. The molecule has 1 aromatic heterocycles. The molecule has 7 nitrogen and oxygen atoms in total. The average molecular weight is 388 g/mol. The third-order valence-corrected chi connectivity index (χ3v) is 7.60. The molecule has 0 saturated carbocycles. The first kappa shape index (κ1) is 18.2. The van der Waals surface area contributed by atoms with Gasteiger partial charge in [0.2, 0.25) is 10.0 Å². The number of hydrogen-bond acceptors (Lipinski definition) is 4. The highest BCUT2D eigenvalue weighted by atomic mass is 32.2. The summed E-state index contributed by atoms with van der Waals surface area (Å²) in [5.74, 6) is -0.412. The number of carbonyl (C=O) groups is 1. The van der Waals surface area contributed by atoms with Crippen LogP contribution in [0.4, 0.5) is 0 Å². The van der Waals surface area contributed by atoms with Crippen LogP contribution in [0.25, 0.3) is 0 Å². The lowest BCUT2D eigenvalue weighted by Gasteiger charge is -2.31. The van der Waals surface area contributed by atoms with E-state index in [9.17, 15) is 13.2 Å². The molecule has 2 aromatic rings. The highest BCUT2D eigenvalue weighted by Gasteiger charge is 2.31. The fourth-order valence-electron chi connectivity index (χ4n) is 4.10. The Balaban J connectivity index is 1.47. The van der Waals surface area contributed by atoms with Crippen molar-refractivity contribution in [1.82, 2.24) is 14.5 Å². The Labute approximate surface area is 159 Å². The van der Waals surface area contributed by atoms with E-state index in [0.29, 0.717) is 30.8 Å². The number of sulfonamides is 1. The van der Waals surface area contributed by atoms with E-state index in [1.54, 1.807) is 16.4 Å². The summed E-state index contributed by atoms with van der Waals surface area (Å²) in [5.41, 5.74) is 8.75. The number of nitrogens with zero attached hydrogens (tertiary/aromatic N) is 2. The normalized spacial score (nSPS) is 19.0. The lowest BCUT2D eigenvalue weighted by molar-refractivity contribution is 0.0995. The largest absolute Gasteiger partial charge is 0.364 e. The highest BCUT2D eigenvalue weighted by molar-refractivity contribution is 7.89. The van der Waals surface area contributed by atoms with E-state index >= 15 is 0 Å². The van der Waals surface area contributed by atoms with E-state index in [1.807, 2.05) is 12.1 Å². The number of primary amides is 1. The Morgan fingerprint density at radius 2 is 1.81 bits per heavy atom. The number of aryl methyl sites for hydroxylation is 2. The maximum Gasteiger partial charge on any atom is 0.269 e. The molecule has 144 valence electrons. The molecule has 1 saturated heterocycles. The van der Waals surface area contributed by atoms with Gasteiger partial charge in [-0.15, -0.1) is 0 Å². The van der Waals surface area contributed by atoms with Crippen molar-refractivity contribution >= 4 is 15.9 Å². The van der Waals surface area contributed by atoms with Crippen molar-refractivity contribution in [3.63, 3.8) is 0 Å². The van der Waals surface area contributed by atoms with Crippen molar-refractivity contribution in [3.05, 3.63) is 46.8 Å². The van der Waals surface area contributed by atoms with Crippen LogP contribution >= 0.6 is 0 Å². The van der Waals surface area contributed by atoms with Gasteiger partial charge in [0.15, 0.2) is 0 Å². The van der Waals surface area contributed by atoms with Gasteiger partial charge in [0.1, 0.15) is 5.69 Å². The Kier molecular flexibility index (Phi) is 4.77. The number of amides is 1. The monoisotopic (exact) mass is 388 g/mol. The van der Waals surface area contributed by atoms with E-state index < -0.39 is 15.9 Å². The van der Waals surface area contributed by atoms with Gasteiger partial charge < -0.3 is 5.73 Å². The Hall–Kier alpha value is -2.19. The number of piperidine rings is 1. The Morgan fingerprint density at radius 3 is 2.48 bits per heavy atom. The molecule has 4 rings (SSSR count). The molecule has 0 atom stereocenters. The molecule has 1 aliphatic carbocycles. The van der Waals surface area contributed by atoms with E-state index in [-0.39, 0.29) is 11.6 Å². The van der Waals surface area contributed by atoms with Gasteiger partial charge in [0, 0.05) is 24.7 Å². The molecule has 1 fully saturated rings. The van der Waals surface area contributed by atoms with Crippen LogP contribution in [0.1, 0.15) is 58.9 Å². The lowest BCUT2D eigenvalue weighted by atomic mass is 9.92. The Morgan fingerprint density at radius 1 is 1.11 bits per heavy atom. The second kappa shape index (κ2) is 7.09. The molecule has 0 bridgehead atoms. The maximum absolute atomic E-state index is 13.1. The van der Waals surface area contributed by atoms with Crippen LogP contribution in [0.15, 0.2) is 29.2 Å². The first-order valence-corrected chi connectivity index (χ1v) is 10.9. The first-order chi connectivity index (χ1) is 12.9. The highest BCUT2D eigenvalue weighted by Crippen LogP contribution is 2.31. The summed E-state index contributed by atoms with van der Waals surface area (Å²) in [4.78, 5) is 11.6. The number of aromatic amines is 1. The zero-order valence-electron chi connectivity index (χ0n) is 15.1. The van der Waals surface area contributed by atoms with Crippen molar-refractivity contribution in [1.29, 1.82) is 0 Å². The van der Waals surface area contributed by atoms with Gasteiger partial charge in [-0.25, -0.2) is 8.42 Å². The van der Waals surface area contributed by atoms with Crippen LogP contribution in [0.5, 0.6) is 0 Å². The predicted molar refractivity (Wildman–Crippen MR) is 101 cm³/mol. The van der Waals surface area contributed by atoms with E-state index in [2.05, 4.69) is 10.2 Å². The summed E-state index contributed by atoms with van der Waals surface area (Å²) in [6.07, 6.45) is 5.67. The molecule has 2 heterocycles. The molecule has 1 amide bonds. The van der Waals surface area contributed by atoms with Gasteiger partial charge in [-0.1, -0.05) is 6.07 Å². The number of carbonyl (C=O) groups excluding carboxylic acids is 1. The van der Waals surface area contributed by atoms with Crippen molar-refractivity contribution in [3.8, 4) is 0 Å². The summed E-state index contributed by atoms with van der Waals surface area (Å²) in [5, 5.41) is 6.77. The number of aromatic nitrogens is 2. The average Bonchev–Trinajstić information content (AvgIpc) is 3.18. The zero-order chi connectivity index (χ0) is 19.0. The molecule has 27 heavy (non-hydrogen) atoms.